The number of aromatic nitrogens is 1. The Balaban J connectivity index is 1.80. The van der Waals surface area contributed by atoms with Crippen LogP contribution in [-0.2, 0) is 15.2 Å². The van der Waals surface area contributed by atoms with Crippen molar-refractivity contribution in [2.75, 3.05) is 14.2 Å². The Morgan fingerprint density at radius 1 is 1.09 bits per heavy atom. The van der Waals surface area contributed by atoms with Gasteiger partial charge in [0.15, 0.2) is 17.2 Å². The average Bonchev–Trinajstić information content (AvgIpc) is 2.84. The maximum atomic E-state index is 12.9. The van der Waals surface area contributed by atoms with Crippen LogP contribution >= 0.6 is 11.6 Å². The highest BCUT2D eigenvalue weighted by atomic mass is 35.5. The van der Waals surface area contributed by atoms with Crippen molar-refractivity contribution in [3.63, 3.8) is 0 Å². The van der Waals surface area contributed by atoms with E-state index in [1.165, 1.54) is 31.4 Å². The molecule has 0 radical (unpaired) electrons. The number of carbonyl (C=O) groups excluding carboxylic acids is 2. The van der Waals surface area contributed by atoms with Gasteiger partial charge >= 0.3 is 5.97 Å². The molecule has 3 rings (SSSR count). The van der Waals surface area contributed by atoms with E-state index in [1.54, 1.807) is 19.2 Å². The second kappa shape index (κ2) is 10.5. The van der Waals surface area contributed by atoms with Gasteiger partial charge in [-0.05, 0) is 37.1 Å². The van der Waals surface area contributed by atoms with Crippen LogP contribution in [0.4, 0.5) is 0 Å². The number of hydrogen-bond donors (Lipinski definition) is 2. The third-order valence-corrected chi connectivity index (χ3v) is 5.87. The van der Waals surface area contributed by atoms with Crippen molar-refractivity contribution in [1.82, 2.24) is 15.4 Å². The van der Waals surface area contributed by atoms with Gasteiger partial charge in [0.1, 0.15) is 11.6 Å². The Labute approximate surface area is 203 Å². The molecule has 0 aliphatic rings. The molecule has 0 saturated carbocycles. The highest BCUT2D eigenvalue weighted by molar-refractivity contribution is 6.30. The van der Waals surface area contributed by atoms with Crippen molar-refractivity contribution in [3.05, 3.63) is 88.7 Å². The number of halogens is 1. The highest BCUT2D eigenvalue weighted by Gasteiger charge is 2.37. The number of nitrogens with one attached hydrogen (secondary N) is 1. The fourth-order valence-electron chi connectivity index (χ4n) is 3.46. The number of carbonyl (C=O) groups is 2. The molecule has 0 aliphatic heterocycles. The molecule has 2 unspecified atom stereocenters. The summed E-state index contributed by atoms with van der Waals surface area (Å²) in [7, 11) is 3.00. The van der Waals surface area contributed by atoms with Crippen molar-refractivity contribution in [3.8, 4) is 11.5 Å². The molecule has 0 bridgehead atoms. The minimum absolute atomic E-state index is 0.0942. The molecule has 2 atom stereocenters. The second-order valence-electron chi connectivity index (χ2n) is 7.76. The van der Waals surface area contributed by atoms with Crippen LogP contribution in [0.1, 0.15) is 35.5 Å². The largest absolute Gasteiger partial charge is 0.503 e. The Hall–Kier alpha value is -3.62. The zero-order valence-electron chi connectivity index (χ0n) is 19.3. The molecule has 0 fully saturated rings. The summed E-state index contributed by atoms with van der Waals surface area (Å²) in [6.07, 6.45) is 1.32. The number of amides is 1. The van der Waals surface area contributed by atoms with Crippen molar-refractivity contribution in [2.45, 2.75) is 25.4 Å². The Morgan fingerprint density at radius 3 is 2.32 bits per heavy atom. The topological polar surface area (TPSA) is 101 Å². The van der Waals surface area contributed by atoms with Crippen molar-refractivity contribution < 1.29 is 24.3 Å². The molecule has 2 aromatic carbocycles. The van der Waals surface area contributed by atoms with E-state index >= 15 is 0 Å². The van der Waals surface area contributed by atoms with Crippen LogP contribution in [-0.4, -0.2) is 47.2 Å². The van der Waals surface area contributed by atoms with E-state index in [2.05, 4.69) is 10.3 Å². The van der Waals surface area contributed by atoms with Gasteiger partial charge in [-0.1, -0.05) is 54.1 Å². The first-order chi connectivity index (χ1) is 16.2. The summed E-state index contributed by atoms with van der Waals surface area (Å²) in [4.78, 5) is 35.0. The number of hydrogen-bond acceptors (Lipinski definition) is 7. The lowest BCUT2D eigenvalue weighted by molar-refractivity contribution is -0.207. The number of nitrogens with zero attached hydrogens (tertiary/aromatic N) is 2. The lowest BCUT2D eigenvalue weighted by Crippen LogP contribution is -2.47. The number of pyridine rings is 1. The normalized spacial score (nSPS) is 13.6. The first-order valence-corrected chi connectivity index (χ1v) is 10.9. The number of hydroxylamine groups is 2. The van der Waals surface area contributed by atoms with E-state index in [4.69, 9.17) is 21.2 Å². The van der Waals surface area contributed by atoms with Gasteiger partial charge in [-0.2, -0.15) is 0 Å². The van der Waals surface area contributed by atoms with Gasteiger partial charge in [0, 0.05) is 24.3 Å². The van der Waals surface area contributed by atoms with Crippen LogP contribution in [0.3, 0.4) is 0 Å². The summed E-state index contributed by atoms with van der Waals surface area (Å²) in [5.41, 5.74) is 0.621. The first kappa shape index (κ1) is 25.0. The van der Waals surface area contributed by atoms with Crippen LogP contribution < -0.4 is 10.1 Å². The van der Waals surface area contributed by atoms with Crippen LogP contribution in [0.2, 0.25) is 5.02 Å². The average molecular weight is 484 g/mol. The summed E-state index contributed by atoms with van der Waals surface area (Å²) in [6, 6.07) is 17.2. The lowest BCUT2D eigenvalue weighted by Gasteiger charge is -2.38. The summed E-state index contributed by atoms with van der Waals surface area (Å²) < 4.78 is 4.99. The van der Waals surface area contributed by atoms with E-state index in [0.29, 0.717) is 5.02 Å². The van der Waals surface area contributed by atoms with Crippen LogP contribution in [0.25, 0.3) is 0 Å². The van der Waals surface area contributed by atoms with E-state index < -0.39 is 29.2 Å². The maximum absolute atomic E-state index is 12.9. The lowest BCUT2D eigenvalue weighted by atomic mass is 9.84. The van der Waals surface area contributed by atoms with Gasteiger partial charge in [-0.25, -0.2) is 9.78 Å². The van der Waals surface area contributed by atoms with Crippen molar-refractivity contribution in [1.29, 1.82) is 0 Å². The van der Waals surface area contributed by atoms with Gasteiger partial charge < -0.3 is 20.0 Å². The Kier molecular flexibility index (Phi) is 7.75. The molecule has 0 aliphatic carbocycles. The zero-order chi connectivity index (χ0) is 24.9. The molecule has 8 nitrogen and oxygen atoms in total. The molecule has 3 aromatic rings. The van der Waals surface area contributed by atoms with E-state index in [1.807, 2.05) is 49.4 Å². The standard InChI is InChI=1S/C25H26ClN3O5/c1-16(28-23(31)21-22(30)20(33-4)14-15-27-21)24(32)34-29(3)25(2,17-8-6-5-7-9-17)18-10-12-19(26)13-11-18/h5-16,30H,1-4H3,(H,28,31). The molecule has 0 saturated heterocycles. The predicted molar refractivity (Wildman–Crippen MR) is 128 cm³/mol. The zero-order valence-corrected chi connectivity index (χ0v) is 20.0. The van der Waals surface area contributed by atoms with E-state index in [-0.39, 0.29) is 11.4 Å². The minimum Gasteiger partial charge on any atom is -0.503 e. The number of methoxy groups -OCH3 is 1. The second-order valence-corrected chi connectivity index (χ2v) is 8.19. The molecular weight excluding hydrogens is 458 g/mol. The Morgan fingerprint density at radius 2 is 1.71 bits per heavy atom. The summed E-state index contributed by atoms with van der Waals surface area (Å²) in [5.74, 6) is -1.77. The van der Waals surface area contributed by atoms with E-state index in [0.717, 1.165) is 11.1 Å². The van der Waals surface area contributed by atoms with Gasteiger partial charge in [-0.15, -0.1) is 5.06 Å². The van der Waals surface area contributed by atoms with Crippen molar-refractivity contribution in [2.24, 2.45) is 0 Å². The van der Waals surface area contributed by atoms with Gasteiger partial charge in [0.2, 0.25) is 0 Å². The van der Waals surface area contributed by atoms with Gasteiger partial charge in [0.25, 0.3) is 5.91 Å². The molecule has 2 N–H and O–H groups in total. The maximum Gasteiger partial charge on any atom is 0.347 e. The molecule has 9 heteroatoms. The minimum atomic E-state index is -1.03. The third-order valence-electron chi connectivity index (χ3n) is 5.62. The van der Waals surface area contributed by atoms with Gasteiger partial charge in [-0.3, -0.25) is 4.79 Å². The fraction of sp³-hybridized carbons (Fsp3) is 0.240. The number of benzene rings is 2. The Bertz CT molecular complexity index is 1160. The number of aromatic hydroxyl groups is 1. The SMILES string of the molecule is COc1ccnc(C(=O)NC(C)C(=O)ON(C)C(C)(c2ccccc2)c2ccc(Cl)cc2)c1O. The van der Waals surface area contributed by atoms with Crippen LogP contribution in [0.5, 0.6) is 11.5 Å². The molecule has 178 valence electrons. The molecule has 1 amide bonds. The van der Waals surface area contributed by atoms with Crippen molar-refractivity contribution >= 4 is 23.5 Å². The number of ether oxygens (including phenoxy) is 1. The molecular formula is C25H26ClN3O5. The number of rotatable bonds is 8. The molecule has 1 heterocycles. The van der Waals surface area contributed by atoms with Gasteiger partial charge in [0.05, 0.1) is 7.11 Å². The smallest absolute Gasteiger partial charge is 0.347 e. The predicted octanol–water partition coefficient (Wildman–Crippen LogP) is 3.92. The van der Waals surface area contributed by atoms with E-state index in [9.17, 15) is 14.7 Å². The summed E-state index contributed by atoms with van der Waals surface area (Å²) >= 11 is 6.07. The first-order valence-electron chi connectivity index (χ1n) is 10.5. The molecule has 1 aromatic heterocycles. The quantitative estimate of drug-likeness (QED) is 0.468. The third kappa shape index (κ3) is 5.13. The molecule has 0 spiro atoms. The highest BCUT2D eigenvalue weighted by Crippen LogP contribution is 2.35. The molecule has 34 heavy (non-hydrogen) atoms. The fourth-order valence-corrected chi connectivity index (χ4v) is 3.59. The monoisotopic (exact) mass is 483 g/mol. The summed E-state index contributed by atoms with van der Waals surface area (Å²) in [6.45, 7) is 3.40. The summed E-state index contributed by atoms with van der Waals surface area (Å²) in [5, 5.41) is 14.7. The van der Waals surface area contributed by atoms with Crippen LogP contribution in [0, 0.1) is 0 Å². The van der Waals surface area contributed by atoms with Crippen LogP contribution in [0.15, 0.2) is 66.9 Å².